The minimum Gasteiger partial charge on any atom is -0.497 e. The smallest absolute Gasteiger partial charge is 0.203 e. The van der Waals surface area contributed by atoms with Crippen molar-refractivity contribution in [2.75, 3.05) is 56.6 Å². The number of hydrogen-bond donors (Lipinski definition) is 0. The second-order valence-corrected chi connectivity index (χ2v) is 9.41. The van der Waals surface area contributed by atoms with Crippen LogP contribution < -0.4 is 18.9 Å². The monoisotopic (exact) mass is 915 g/mol. The molecule has 0 unspecified atom stereocenters. The van der Waals surface area contributed by atoms with E-state index >= 15 is 0 Å². The maximum Gasteiger partial charge on any atom is 0.203 e. The minimum absolute atomic E-state index is 0. The Kier molecular flexibility index (Phi) is 24.0. The van der Waals surface area contributed by atoms with Crippen LogP contribution >= 0.6 is 0 Å². The van der Waals surface area contributed by atoms with Gasteiger partial charge in [0.05, 0.1) is 68.4 Å². The number of nitrogens with zero attached hydrogens (tertiary/aromatic N) is 12. The van der Waals surface area contributed by atoms with Gasteiger partial charge < -0.3 is 18.9 Å². The minimum atomic E-state index is 0. The van der Waals surface area contributed by atoms with Crippen LogP contribution in [-0.2, 0) is 21.1 Å². The van der Waals surface area contributed by atoms with Crippen LogP contribution in [0, 0.1) is 19.6 Å². The molecule has 4 rings (SSSR count). The summed E-state index contributed by atoms with van der Waals surface area (Å²) in [7, 11) is 11.4. The summed E-state index contributed by atoms with van der Waals surface area (Å²) in [5.74, 6) is 2.98. The number of benzene rings is 4. The van der Waals surface area contributed by atoms with E-state index in [1.807, 2.05) is 0 Å². The van der Waals surface area contributed by atoms with Gasteiger partial charge in [-0.3, -0.25) is 0 Å². The number of hydrogen-bond acceptors (Lipinski definition) is 12. The summed E-state index contributed by atoms with van der Waals surface area (Å²) >= 11 is 0. The Morgan fingerprint density at radius 1 is 0.340 bits per heavy atom. The van der Waals surface area contributed by atoms with Gasteiger partial charge in [-0.1, -0.05) is 0 Å². The van der Waals surface area contributed by atoms with Crippen LogP contribution in [0.1, 0.15) is 0 Å². The fraction of sp³-hybridized carbons (Fsp3) is 0.250. The van der Waals surface area contributed by atoms with Gasteiger partial charge in [0.25, 0.3) is 0 Å². The van der Waals surface area contributed by atoms with E-state index in [-0.39, 0.29) is 21.1 Å². The molecule has 0 heterocycles. The van der Waals surface area contributed by atoms with Crippen molar-refractivity contribution in [1.29, 1.82) is 0 Å². The normalized spacial score (nSPS) is 10.1. The second kappa shape index (κ2) is 27.3. The van der Waals surface area contributed by atoms with Crippen LogP contribution in [0.5, 0.6) is 23.0 Å². The predicted octanol–water partition coefficient (Wildman–Crippen LogP) is 8.41. The first-order chi connectivity index (χ1) is 24.9. The summed E-state index contributed by atoms with van der Waals surface area (Å²) in [6.07, 6.45) is 0. The Morgan fingerprint density at radius 3 is 0.604 bits per heavy atom. The van der Waals surface area contributed by atoms with Crippen molar-refractivity contribution in [2.24, 2.45) is 41.4 Å². The topological polar surface area (TPSA) is 216 Å². The van der Waals surface area contributed by atoms with Gasteiger partial charge in [-0.15, -0.1) is 0 Å². The van der Waals surface area contributed by atoms with Crippen LogP contribution in [0.2, 0.25) is 0 Å². The summed E-state index contributed by atoms with van der Waals surface area (Å²) in [5, 5.41) is 27.9. The average Bonchev–Trinajstić information content (AvgIpc) is 3.16. The Morgan fingerprint density at radius 2 is 0.491 bits per heavy atom. The summed E-state index contributed by atoms with van der Waals surface area (Å²) in [6.45, 7) is 0. The first kappa shape index (κ1) is 46.6. The SMILES string of the molecule is COc1ccc(N=N[N+](C)=O)cc1.COc1ccc(N=N[N+](C)=O)cc1.COc1ccc(N=N[N+](C)=O)cc1.COc1ccc(N=N[N+](C)=O)cc1.[Pt]. The third kappa shape index (κ3) is 22.8. The number of nitroso groups, excluding NO2 is 4. The quantitative estimate of drug-likeness (QED) is 0.0762. The van der Waals surface area contributed by atoms with Crippen LogP contribution in [0.25, 0.3) is 0 Å². The molecule has 20 nitrogen and oxygen atoms in total. The van der Waals surface area contributed by atoms with E-state index in [9.17, 15) is 19.6 Å². The second-order valence-electron chi connectivity index (χ2n) is 9.41. The predicted molar refractivity (Wildman–Crippen MR) is 188 cm³/mol. The van der Waals surface area contributed by atoms with Crippen molar-refractivity contribution < 1.29 is 59.5 Å². The van der Waals surface area contributed by atoms with Crippen molar-refractivity contribution in [3.05, 3.63) is 117 Å². The molecule has 0 saturated heterocycles. The number of rotatable bonds is 12. The van der Waals surface area contributed by atoms with E-state index < -0.39 is 0 Å². The maximum absolute atomic E-state index is 10.4. The Bertz CT molecular complexity index is 1550. The molecule has 53 heavy (non-hydrogen) atoms. The molecule has 0 aromatic heterocycles. The molecule has 282 valence electrons. The van der Waals surface area contributed by atoms with E-state index in [1.165, 1.54) is 28.2 Å². The van der Waals surface area contributed by atoms with Gasteiger partial charge in [0.2, 0.25) is 22.7 Å². The van der Waals surface area contributed by atoms with Gasteiger partial charge in [0, 0.05) is 21.1 Å². The summed E-state index contributed by atoms with van der Waals surface area (Å²) in [6, 6.07) is 27.7. The zero-order valence-corrected chi connectivity index (χ0v) is 32.5. The molecule has 0 bridgehead atoms. The summed E-state index contributed by atoms with van der Waals surface area (Å²) in [5.41, 5.74) is 2.46. The molecule has 0 saturated carbocycles. The van der Waals surface area contributed by atoms with E-state index in [4.69, 9.17) is 18.9 Å². The van der Waals surface area contributed by atoms with Gasteiger partial charge in [-0.05, 0) is 117 Å². The molecule has 0 fully saturated rings. The number of ether oxygens (including phenoxy) is 4. The average molecular weight is 916 g/mol. The number of methoxy groups -OCH3 is 4. The zero-order chi connectivity index (χ0) is 38.7. The van der Waals surface area contributed by atoms with Gasteiger partial charge in [-0.2, -0.15) is 0 Å². The molecule has 4 aromatic rings. The summed E-state index contributed by atoms with van der Waals surface area (Å²) < 4.78 is 19.8. The molecule has 0 aliphatic carbocycles. The molecule has 4 aromatic carbocycles. The van der Waals surface area contributed by atoms with Gasteiger partial charge >= 0.3 is 0 Å². The molecule has 0 atom stereocenters. The fourth-order valence-electron chi connectivity index (χ4n) is 3.05. The molecule has 0 spiro atoms. The zero-order valence-electron chi connectivity index (χ0n) is 30.2. The van der Waals surface area contributed by atoms with E-state index in [2.05, 4.69) is 41.4 Å². The third-order valence-electron chi connectivity index (χ3n) is 5.43. The molecule has 0 amide bonds. The maximum atomic E-state index is 10.4. The molecule has 0 aliphatic rings. The Balaban J connectivity index is 0.000000676. The third-order valence-corrected chi connectivity index (χ3v) is 5.43. The molecular formula is C32H40N12O8Pt+4. The van der Waals surface area contributed by atoms with Crippen LogP contribution in [0.4, 0.5) is 22.7 Å². The van der Waals surface area contributed by atoms with Crippen molar-refractivity contribution in [3.8, 4) is 23.0 Å². The van der Waals surface area contributed by atoms with Crippen LogP contribution in [0.15, 0.2) is 138 Å². The molecule has 0 aliphatic heterocycles. The van der Waals surface area contributed by atoms with Gasteiger partial charge in [0.15, 0.2) is 20.9 Å². The molecule has 0 radical (unpaired) electrons. The summed E-state index contributed by atoms with van der Waals surface area (Å²) in [4.78, 5) is 43.1. The van der Waals surface area contributed by atoms with E-state index in [1.54, 1.807) is 126 Å². The fourth-order valence-corrected chi connectivity index (χ4v) is 3.05. The van der Waals surface area contributed by atoms with Crippen LogP contribution in [0.3, 0.4) is 0 Å². The van der Waals surface area contributed by atoms with Crippen molar-refractivity contribution >= 4 is 22.7 Å². The molecule has 0 N–H and O–H groups in total. The Hall–Kier alpha value is -6.43. The van der Waals surface area contributed by atoms with Crippen molar-refractivity contribution in [2.45, 2.75) is 0 Å². The standard InChI is InChI=1S/4C8H10N3O2.Pt/c4*1-11(12)10-9-7-3-5-8(13-2)6-4-7;/h4*3-6H,1-2H3;/q4*+1;. The van der Waals surface area contributed by atoms with Gasteiger partial charge in [0.1, 0.15) is 51.2 Å². The van der Waals surface area contributed by atoms with Crippen molar-refractivity contribution in [3.63, 3.8) is 0 Å². The van der Waals surface area contributed by atoms with E-state index in [0.29, 0.717) is 42.2 Å². The van der Waals surface area contributed by atoms with E-state index in [0.717, 1.165) is 23.0 Å². The first-order valence-electron chi connectivity index (χ1n) is 14.7. The van der Waals surface area contributed by atoms with Crippen molar-refractivity contribution in [1.82, 2.24) is 0 Å². The largest absolute Gasteiger partial charge is 0.497 e. The Labute approximate surface area is 319 Å². The van der Waals surface area contributed by atoms with Gasteiger partial charge in [-0.25, -0.2) is 0 Å². The molecular weight excluding hydrogens is 876 g/mol. The molecule has 21 heteroatoms. The van der Waals surface area contributed by atoms with Crippen LogP contribution in [-0.4, -0.2) is 76.1 Å². The first-order valence-corrected chi connectivity index (χ1v) is 14.7.